The number of amides is 1. The van der Waals surface area contributed by atoms with Gasteiger partial charge in [0.1, 0.15) is 11.4 Å². The van der Waals surface area contributed by atoms with Gasteiger partial charge in [0.15, 0.2) is 0 Å². The summed E-state index contributed by atoms with van der Waals surface area (Å²) in [5.41, 5.74) is -0.829. The van der Waals surface area contributed by atoms with Gasteiger partial charge in [-0.05, 0) is 62.1 Å². The van der Waals surface area contributed by atoms with Crippen LogP contribution in [0.2, 0.25) is 0 Å². The zero-order valence-electron chi connectivity index (χ0n) is 14.5. The minimum Gasteiger partial charge on any atom is -0.480 e. The predicted octanol–water partition coefficient (Wildman–Crippen LogP) is 2.68. The van der Waals surface area contributed by atoms with Crippen LogP contribution in [0.1, 0.15) is 31.2 Å². The number of carboxylic acid groups (broad SMARTS) is 1. The molecule has 4 atom stereocenters. The van der Waals surface area contributed by atoms with E-state index in [1.807, 2.05) is 0 Å². The Kier molecular flexibility index (Phi) is 4.15. The third kappa shape index (κ3) is 2.29. The van der Waals surface area contributed by atoms with E-state index in [-0.39, 0.29) is 29.7 Å². The van der Waals surface area contributed by atoms with Crippen molar-refractivity contribution in [3.63, 3.8) is 0 Å². The Labute approximate surface area is 159 Å². The summed E-state index contributed by atoms with van der Waals surface area (Å²) in [6, 6.07) is 4.69. The zero-order valence-corrected chi connectivity index (χ0v) is 16.1. The molecular formula is C19H22BrFN2O3. The van der Waals surface area contributed by atoms with E-state index in [2.05, 4.69) is 26.6 Å². The number of halogens is 2. The van der Waals surface area contributed by atoms with E-state index in [1.165, 1.54) is 6.07 Å². The van der Waals surface area contributed by atoms with Crippen molar-refractivity contribution in [2.45, 2.75) is 37.8 Å². The summed E-state index contributed by atoms with van der Waals surface area (Å²) >= 11 is 3.21. The number of hydrogen-bond acceptors (Lipinski definition) is 3. The minimum atomic E-state index is -1.22. The fraction of sp³-hybridized carbons (Fsp3) is 0.579. The first-order valence-corrected chi connectivity index (χ1v) is 9.80. The largest absolute Gasteiger partial charge is 0.480 e. The summed E-state index contributed by atoms with van der Waals surface area (Å²) in [4.78, 5) is 25.3. The molecule has 0 aliphatic heterocycles. The Morgan fingerprint density at radius 2 is 2.08 bits per heavy atom. The van der Waals surface area contributed by atoms with Gasteiger partial charge in [-0.15, -0.1) is 0 Å². The number of aliphatic carboxylic acids is 1. The first-order chi connectivity index (χ1) is 12.4. The van der Waals surface area contributed by atoms with Crippen LogP contribution in [0.15, 0.2) is 22.7 Å². The average Bonchev–Trinajstić information content (AvgIpc) is 3.26. The molecule has 2 bridgehead atoms. The number of likely N-dealkylation sites (N-methyl/N-ethyl adjacent to an activating group) is 1. The monoisotopic (exact) mass is 424 g/mol. The van der Waals surface area contributed by atoms with Crippen molar-refractivity contribution < 1.29 is 19.1 Å². The Balaban J connectivity index is 1.59. The van der Waals surface area contributed by atoms with Gasteiger partial charge >= 0.3 is 5.97 Å². The maximum Gasteiger partial charge on any atom is 0.325 e. The molecule has 3 aliphatic carbocycles. The van der Waals surface area contributed by atoms with Crippen LogP contribution in [0.3, 0.4) is 0 Å². The van der Waals surface area contributed by atoms with Crippen molar-refractivity contribution in [1.29, 1.82) is 0 Å². The van der Waals surface area contributed by atoms with Crippen LogP contribution in [-0.2, 0) is 16.1 Å². The molecule has 1 aromatic rings. The molecule has 5 nitrogen and oxygen atoms in total. The van der Waals surface area contributed by atoms with Gasteiger partial charge in [0.25, 0.3) is 0 Å². The number of carbonyl (C=O) groups excluding carboxylic acids is 1. The maximum atomic E-state index is 14.0. The molecule has 0 aromatic heterocycles. The average molecular weight is 425 g/mol. The van der Waals surface area contributed by atoms with E-state index in [4.69, 9.17) is 0 Å². The van der Waals surface area contributed by atoms with Gasteiger partial charge in [0.2, 0.25) is 5.91 Å². The third-order valence-electron chi connectivity index (χ3n) is 6.99. The molecule has 0 heterocycles. The molecule has 3 saturated carbocycles. The normalized spacial score (nSPS) is 33.4. The Morgan fingerprint density at radius 1 is 1.35 bits per heavy atom. The van der Waals surface area contributed by atoms with E-state index in [0.29, 0.717) is 10.0 Å². The second-order valence-electron chi connectivity index (χ2n) is 7.82. The van der Waals surface area contributed by atoms with Gasteiger partial charge in [-0.2, -0.15) is 0 Å². The number of rotatable bonds is 5. The van der Waals surface area contributed by atoms with Gasteiger partial charge in [-0.1, -0.05) is 22.0 Å². The van der Waals surface area contributed by atoms with Crippen LogP contribution in [0.25, 0.3) is 0 Å². The molecule has 3 fully saturated rings. The second kappa shape index (κ2) is 6.02. The summed E-state index contributed by atoms with van der Waals surface area (Å²) < 4.78 is 14.7. The highest BCUT2D eigenvalue weighted by Crippen LogP contribution is 2.75. The zero-order chi connectivity index (χ0) is 18.7. The van der Waals surface area contributed by atoms with E-state index in [1.54, 1.807) is 19.2 Å². The van der Waals surface area contributed by atoms with Crippen molar-refractivity contribution >= 4 is 27.8 Å². The Bertz CT molecular complexity index is 782. The highest BCUT2D eigenvalue weighted by molar-refractivity contribution is 9.10. The molecule has 1 spiro atoms. The molecule has 26 heavy (non-hydrogen) atoms. The summed E-state index contributed by atoms with van der Waals surface area (Å²) in [5.74, 6) is -2.18. The summed E-state index contributed by atoms with van der Waals surface area (Å²) in [6.45, 7) is 0.0538. The quantitative estimate of drug-likeness (QED) is 0.678. The molecule has 0 radical (unpaired) electrons. The molecular weight excluding hydrogens is 403 g/mol. The number of carboxylic acids is 1. The van der Waals surface area contributed by atoms with Crippen LogP contribution < -0.4 is 10.6 Å². The lowest BCUT2D eigenvalue weighted by Gasteiger charge is -2.39. The van der Waals surface area contributed by atoms with Crippen molar-refractivity contribution in [3.05, 3.63) is 34.1 Å². The van der Waals surface area contributed by atoms with Crippen molar-refractivity contribution in [2.75, 3.05) is 7.05 Å². The minimum absolute atomic E-state index is 0.00622. The molecule has 3 aliphatic rings. The number of hydrogen-bond donors (Lipinski definition) is 3. The first-order valence-electron chi connectivity index (χ1n) is 9.01. The van der Waals surface area contributed by atoms with Gasteiger partial charge < -0.3 is 15.7 Å². The summed E-state index contributed by atoms with van der Waals surface area (Å²) in [5, 5.41) is 15.8. The Hall–Kier alpha value is -1.47. The standard InChI is InChI=1S/C19H22BrFN2O3/c1-22-19(17(25)26)14-5-4-12(18(14)6-7-18)15(19)16(24)23-9-10-2-3-11(20)8-13(10)21/h2-3,8,12,14-15,22H,4-7,9H2,1H3,(H,23,24)(H,25,26). The van der Waals surface area contributed by atoms with Gasteiger partial charge in [-0.3, -0.25) is 9.59 Å². The lowest BCUT2D eigenvalue weighted by atomic mass is 9.72. The molecule has 1 amide bonds. The van der Waals surface area contributed by atoms with Crippen molar-refractivity contribution in [2.24, 2.45) is 23.2 Å². The first kappa shape index (κ1) is 17.9. The van der Waals surface area contributed by atoms with Crippen LogP contribution in [-0.4, -0.2) is 29.6 Å². The molecule has 0 saturated heterocycles. The van der Waals surface area contributed by atoms with Crippen LogP contribution in [0, 0.1) is 29.0 Å². The van der Waals surface area contributed by atoms with Gasteiger partial charge in [-0.25, -0.2) is 4.39 Å². The van der Waals surface area contributed by atoms with Crippen molar-refractivity contribution in [1.82, 2.24) is 10.6 Å². The summed E-state index contributed by atoms with van der Waals surface area (Å²) in [6.07, 6.45) is 3.75. The Morgan fingerprint density at radius 3 is 2.65 bits per heavy atom. The molecule has 3 N–H and O–H groups in total. The van der Waals surface area contributed by atoms with Crippen molar-refractivity contribution in [3.8, 4) is 0 Å². The van der Waals surface area contributed by atoms with Crippen LogP contribution in [0.5, 0.6) is 0 Å². The highest BCUT2D eigenvalue weighted by atomic mass is 79.9. The molecule has 4 rings (SSSR count). The number of benzene rings is 1. The fourth-order valence-electron chi connectivity index (χ4n) is 5.82. The van der Waals surface area contributed by atoms with Crippen LogP contribution in [0.4, 0.5) is 4.39 Å². The van der Waals surface area contributed by atoms with Crippen LogP contribution >= 0.6 is 15.9 Å². The lowest BCUT2D eigenvalue weighted by molar-refractivity contribution is -0.154. The molecule has 1 aromatic carbocycles. The maximum absolute atomic E-state index is 14.0. The van der Waals surface area contributed by atoms with E-state index < -0.39 is 23.2 Å². The SMILES string of the molecule is CNC1(C(=O)O)C(C(=O)NCc2ccc(Br)cc2F)C2CCC1C21CC1. The molecule has 140 valence electrons. The molecule has 4 unspecified atom stereocenters. The van der Waals surface area contributed by atoms with E-state index >= 15 is 0 Å². The third-order valence-corrected chi connectivity index (χ3v) is 7.48. The van der Waals surface area contributed by atoms with E-state index in [0.717, 1.165) is 25.7 Å². The smallest absolute Gasteiger partial charge is 0.325 e. The molecule has 7 heteroatoms. The van der Waals surface area contributed by atoms with E-state index in [9.17, 15) is 19.1 Å². The summed E-state index contributed by atoms with van der Waals surface area (Å²) in [7, 11) is 1.64. The predicted molar refractivity (Wildman–Crippen MR) is 96.7 cm³/mol. The number of carbonyl (C=O) groups is 2. The van der Waals surface area contributed by atoms with Gasteiger partial charge in [0, 0.05) is 16.6 Å². The topological polar surface area (TPSA) is 78.4 Å². The lowest BCUT2D eigenvalue weighted by Crippen LogP contribution is -2.63. The fourth-order valence-corrected chi connectivity index (χ4v) is 6.16. The van der Waals surface area contributed by atoms with Gasteiger partial charge in [0.05, 0.1) is 5.92 Å². The number of nitrogens with one attached hydrogen (secondary N) is 2. The second-order valence-corrected chi connectivity index (χ2v) is 8.74. The highest BCUT2D eigenvalue weighted by Gasteiger charge is 2.78.